The van der Waals surface area contributed by atoms with E-state index in [2.05, 4.69) is 24.1 Å². The SMILES string of the molecule is CC(C)N1CCNCC1.COc1cc(F)c(C=O)cc1OC. The third kappa shape index (κ3) is 5.27. The Kier molecular flexibility index (Phi) is 7.84. The number of nitrogens with one attached hydrogen (secondary N) is 1. The van der Waals surface area contributed by atoms with Gasteiger partial charge in [-0.3, -0.25) is 9.69 Å². The topological polar surface area (TPSA) is 50.8 Å². The molecule has 0 aliphatic carbocycles. The summed E-state index contributed by atoms with van der Waals surface area (Å²) in [6.07, 6.45) is 0.428. The molecule has 1 aliphatic heterocycles. The molecule has 2 rings (SSSR count). The van der Waals surface area contributed by atoms with Crippen LogP contribution in [0.5, 0.6) is 11.5 Å². The summed E-state index contributed by atoms with van der Waals surface area (Å²) in [6, 6.07) is 3.14. The first-order valence-electron chi connectivity index (χ1n) is 7.35. The first-order valence-corrected chi connectivity index (χ1v) is 7.35. The van der Waals surface area contributed by atoms with E-state index >= 15 is 0 Å². The number of hydrogen-bond donors (Lipinski definition) is 1. The normalized spacial score (nSPS) is 15.0. The van der Waals surface area contributed by atoms with Crippen molar-refractivity contribution >= 4 is 6.29 Å². The first kappa shape index (κ1) is 18.4. The fourth-order valence-corrected chi connectivity index (χ4v) is 2.16. The van der Waals surface area contributed by atoms with Gasteiger partial charge in [0.2, 0.25) is 0 Å². The summed E-state index contributed by atoms with van der Waals surface area (Å²) in [4.78, 5) is 12.9. The van der Waals surface area contributed by atoms with Crippen LogP contribution in [0.1, 0.15) is 24.2 Å². The molecule has 22 heavy (non-hydrogen) atoms. The number of carbonyl (C=O) groups is 1. The Bertz CT molecular complexity index is 475. The van der Waals surface area contributed by atoms with Crippen LogP contribution in [-0.4, -0.2) is 57.6 Å². The Morgan fingerprint density at radius 3 is 2.14 bits per heavy atom. The molecule has 1 heterocycles. The molecule has 1 saturated heterocycles. The number of rotatable bonds is 4. The fraction of sp³-hybridized carbons (Fsp3) is 0.562. The number of piperazine rings is 1. The van der Waals surface area contributed by atoms with Gasteiger partial charge in [0.25, 0.3) is 0 Å². The van der Waals surface area contributed by atoms with E-state index in [4.69, 9.17) is 9.47 Å². The lowest BCUT2D eigenvalue weighted by molar-refractivity contribution is 0.111. The zero-order valence-corrected chi connectivity index (χ0v) is 13.7. The highest BCUT2D eigenvalue weighted by molar-refractivity contribution is 5.76. The van der Waals surface area contributed by atoms with Crippen LogP contribution in [0.3, 0.4) is 0 Å². The highest BCUT2D eigenvalue weighted by Gasteiger charge is 2.11. The van der Waals surface area contributed by atoms with E-state index in [1.165, 1.54) is 33.4 Å². The van der Waals surface area contributed by atoms with Crippen LogP contribution < -0.4 is 14.8 Å². The van der Waals surface area contributed by atoms with Gasteiger partial charge in [-0.05, 0) is 19.9 Å². The number of hydrogen-bond acceptors (Lipinski definition) is 5. The largest absolute Gasteiger partial charge is 0.493 e. The van der Waals surface area contributed by atoms with Gasteiger partial charge in [0.05, 0.1) is 19.8 Å². The van der Waals surface area contributed by atoms with Crippen molar-refractivity contribution in [1.29, 1.82) is 0 Å². The number of nitrogens with zero attached hydrogens (tertiary/aromatic N) is 1. The van der Waals surface area contributed by atoms with Gasteiger partial charge in [0, 0.05) is 38.3 Å². The molecule has 5 nitrogen and oxygen atoms in total. The Hall–Kier alpha value is -1.66. The summed E-state index contributed by atoms with van der Waals surface area (Å²) < 4.78 is 22.7. The van der Waals surface area contributed by atoms with E-state index in [1.54, 1.807) is 0 Å². The van der Waals surface area contributed by atoms with Crippen molar-refractivity contribution in [2.75, 3.05) is 40.4 Å². The molecule has 0 radical (unpaired) electrons. The zero-order valence-electron chi connectivity index (χ0n) is 13.7. The van der Waals surface area contributed by atoms with Gasteiger partial charge >= 0.3 is 0 Å². The number of ether oxygens (including phenoxy) is 2. The van der Waals surface area contributed by atoms with Crippen LogP contribution in [0.15, 0.2) is 12.1 Å². The molecule has 0 aromatic heterocycles. The van der Waals surface area contributed by atoms with Crippen LogP contribution >= 0.6 is 0 Å². The average molecular weight is 312 g/mol. The number of methoxy groups -OCH3 is 2. The van der Waals surface area contributed by atoms with Crippen LogP contribution in [0.4, 0.5) is 4.39 Å². The van der Waals surface area contributed by atoms with Crippen LogP contribution in [0, 0.1) is 5.82 Å². The Morgan fingerprint density at radius 2 is 1.73 bits per heavy atom. The molecule has 0 amide bonds. The second-order valence-corrected chi connectivity index (χ2v) is 5.23. The molecule has 1 N–H and O–H groups in total. The smallest absolute Gasteiger partial charge is 0.163 e. The predicted octanol–water partition coefficient (Wildman–Crippen LogP) is 1.96. The molecule has 0 unspecified atom stereocenters. The number of aldehydes is 1. The summed E-state index contributed by atoms with van der Waals surface area (Å²) in [5, 5.41) is 3.33. The third-order valence-corrected chi connectivity index (χ3v) is 3.51. The van der Waals surface area contributed by atoms with E-state index in [0.717, 1.165) is 25.2 Å². The van der Waals surface area contributed by atoms with Crippen molar-refractivity contribution in [3.8, 4) is 11.5 Å². The lowest BCUT2D eigenvalue weighted by atomic mass is 10.2. The van der Waals surface area contributed by atoms with E-state index in [9.17, 15) is 9.18 Å². The van der Waals surface area contributed by atoms with E-state index in [1.807, 2.05) is 0 Å². The quantitative estimate of drug-likeness (QED) is 0.861. The van der Waals surface area contributed by atoms with E-state index < -0.39 is 5.82 Å². The van der Waals surface area contributed by atoms with Gasteiger partial charge < -0.3 is 14.8 Å². The molecular formula is C16H25FN2O3. The maximum Gasteiger partial charge on any atom is 0.163 e. The van der Waals surface area contributed by atoms with Crippen molar-refractivity contribution in [2.45, 2.75) is 19.9 Å². The highest BCUT2D eigenvalue weighted by atomic mass is 19.1. The summed E-state index contributed by atoms with van der Waals surface area (Å²) in [5.74, 6) is -0.00995. The Morgan fingerprint density at radius 1 is 1.18 bits per heavy atom. The molecule has 124 valence electrons. The number of carbonyl (C=O) groups excluding carboxylic acids is 1. The minimum Gasteiger partial charge on any atom is -0.493 e. The summed E-state index contributed by atoms with van der Waals surface area (Å²) in [6.45, 7) is 9.28. The average Bonchev–Trinajstić information content (AvgIpc) is 2.55. The lowest BCUT2D eigenvalue weighted by Gasteiger charge is -2.30. The second kappa shape index (κ2) is 9.38. The summed E-state index contributed by atoms with van der Waals surface area (Å²) in [5.41, 5.74) is -0.0438. The maximum atomic E-state index is 13.0. The molecule has 1 fully saturated rings. The van der Waals surface area contributed by atoms with Crippen molar-refractivity contribution in [2.24, 2.45) is 0 Å². The molecular weight excluding hydrogens is 287 g/mol. The monoisotopic (exact) mass is 312 g/mol. The molecule has 0 bridgehead atoms. The van der Waals surface area contributed by atoms with Crippen molar-refractivity contribution < 1.29 is 18.7 Å². The molecule has 0 saturated carbocycles. The van der Waals surface area contributed by atoms with Gasteiger partial charge in [-0.2, -0.15) is 0 Å². The first-order chi connectivity index (χ1) is 10.5. The Balaban J connectivity index is 0.000000235. The fourth-order valence-electron chi connectivity index (χ4n) is 2.16. The van der Waals surface area contributed by atoms with Gasteiger partial charge in [0.15, 0.2) is 17.8 Å². The van der Waals surface area contributed by atoms with Gasteiger partial charge in [-0.15, -0.1) is 0 Å². The maximum absolute atomic E-state index is 13.0. The number of halogens is 1. The van der Waals surface area contributed by atoms with Crippen LogP contribution in [-0.2, 0) is 0 Å². The van der Waals surface area contributed by atoms with E-state index in [0.29, 0.717) is 12.0 Å². The van der Waals surface area contributed by atoms with Gasteiger partial charge in [0.1, 0.15) is 5.82 Å². The molecule has 1 aromatic carbocycles. The minimum absolute atomic E-state index is 0.0438. The molecule has 1 aliphatic rings. The summed E-state index contributed by atoms with van der Waals surface area (Å²) >= 11 is 0. The predicted molar refractivity (Wildman–Crippen MR) is 84.5 cm³/mol. The standard InChI is InChI=1S/C9H9FO3.C7H16N2/c1-12-8-3-6(5-11)7(10)4-9(8)13-2;1-7(2)9-5-3-8-4-6-9/h3-5H,1-2H3;7-8H,3-6H2,1-2H3. The molecule has 0 spiro atoms. The lowest BCUT2D eigenvalue weighted by Crippen LogP contribution is -2.46. The van der Waals surface area contributed by atoms with Gasteiger partial charge in [-0.25, -0.2) is 4.39 Å². The number of benzene rings is 1. The molecule has 1 aromatic rings. The molecule has 0 atom stereocenters. The minimum atomic E-state index is -0.618. The van der Waals surface area contributed by atoms with Crippen LogP contribution in [0.2, 0.25) is 0 Å². The highest BCUT2D eigenvalue weighted by Crippen LogP contribution is 2.28. The second-order valence-electron chi connectivity index (χ2n) is 5.23. The van der Waals surface area contributed by atoms with Crippen LogP contribution in [0.25, 0.3) is 0 Å². The van der Waals surface area contributed by atoms with Crippen molar-refractivity contribution in [3.63, 3.8) is 0 Å². The summed E-state index contributed by atoms with van der Waals surface area (Å²) in [7, 11) is 2.82. The van der Waals surface area contributed by atoms with Crippen molar-refractivity contribution in [3.05, 3.63) is 23.5 Å². The third-order valence-electron chi connectivity index (χ3n) is 3.51. The van der Waals surface area contributed by atoms with E-state index in [-0.39, 0.29) is 11.3 Å². The Labute approximate surface area is 131 Å². The van der Waals surface area contributed by atoms with Gasteiger partial charge in [-0.1, -0.05) is 0 Å². The van der Waals surface area contributed by atoms with Crippen molar-refractivity contribution in [1.82, 2.24) is 10.2 Å². The molecule has 6 heteroatoms. The zero-order chi connectivity index (χ0) is 16.5.